The summed E-state index contributed by atoms with van der Waals surface area (Å²) in [6.45, 7) is 2.11. The lowest BCUT2D eigenvalue weighted by molar-refractivity contribution is 0.401. The third-order valence-electron chi connectivity index (χ3n) is 9.32. The van der Waals surface area contributed by atoms with Gasteiger partial charge in [0, 0.05) is 49.3 Å². The van der Waals surface area contributed by atoms with Crippen molar-refractivity contribution < 1.29 is 5.48 Å². The van der Waals surface area contributed by atoms with Gasteiger partial charge in [0.05, 0.1) is 2.74 Å². The Morgan fingerprint density at radius 2 is 1.24 bits per heavy atom. The third-order valence-corrected chi connectivity index (χ3v) is 9.32. The SMILES string of the molecule is [2H]C12CCCCC1([2H])N1c3cc(C)cc4c3B(c3cccc2c31)c1cccc2c1N4C1([2H])CCCCC21[2H]. The van der Waals surface area contributed by atoms with Gasteiger partial charge in [-0.15, -0.1) is 0 Å². The van der Waals surface area contributed by atoms with Crippen molar-refractivity contribution in [3.63, 3.8) is 0 Å². The Bertz CT molecular complexity index is 1500. The second kappa shape index (κ2) is 6.30. The van der Waals surface area contributed by atoms with Crippen molar-refractivity contribution >= 4 is 45.9 Å². The van der Waals surface area contributed by atoms with Crippen LogP contribution in [0.3, 0.4) is 0 Å². The minimum absolute atomic E-state index is 0.0160. The maximum Gasteiger partial charge on any atom is 0.252 e. The zero-order chi connectivity index (χ0) is 25.8. The summed E-state index contributed by atoms with van der Waals surface area (Å²) in [6.07, 6.45) is 6.71. The van der Waals surface area contributed by atoms with E-state index in [1.165, 1.54) is 16.4 Å². The second-order valence-corrected chi connectivity index (χ2v) is 11.1. The first-order valence-corrected chi connectivity index (χ1v) is 13.3. The molecule has 9 rings (SSSR count). The van der Waals surface area contributed by atoms with Gasteiger partial charge in [0.15, 0.2) is 0 Å². The summed E-state index contributed by atoms with van der Waals surface area (Å²) in [7, 11) is 0. The molecule has 168 valence electrons. The lowest BCUT2D eigenvalue weighted by atomic mass is 9.33. The molecule has 2 saturated carbocycles. The van der Waals surface area contributed by atoms with Crippen LogP contribution in [0.1, 0.15) is 85.3 Å². The summed E-state index contributed by atoms with van der Waals surface area (Å²) in [5.41, 5.74) is 10.9. The average Bonchev–Trinajstić information content (AvgIpc) is 3.25. The Hall–Kier alpha value is -2.68. The van der Waals surface area contributed by atoms with Crippen molar-refractivity contribution in [3.05, 3.63) is 65.2 Å². The first-order chi connectivity index (χ1) is 18.2. The molecule has 0 saturated heterocycles. The molecule has 0 N–H and O–H groups in total. The Morgan fingerprint density at radius 3 is 1.76 bits per heavy atom. The van der Waals surface area contributed by atoms with E-state index in [4.69, 9.17) is 0 Å². The molecule has 2 nitrogen and oxygen atoms in total. The normalized spacial score (nSPS) is 39.1. The van der Waals surface area contributed by atoms with E-state index in [1.54, 1.807) is 0 Å². The minimum Gasteiger partial charge on any atom is -0.338 e. The molecule has 4 unspecified atom stereocenters. The molecule has 0 radical (unpaired) electrons. The Morgan fingerprint density at radius 1 is 0.735 bits per heavy atom. The number of nitrogens with zero attached hydrogens (tertiary/aromatic N) is 2. The quantitative estimate of drug-likeness (QED) is 0.421. The summed E-state index contributed by atoms with van der Waals surface area (Å²) in [6, 6.07) is 15.2. The van der Waals surface area contributed by atoms with Crippen LogP contribution in [0, 0.1) is 6.92 Å². The van der Waals surface area contributed by atoms with Gasteiger partial charge in [-0.2, -0.15) is 0 Å². The fourth-order valence-corrected chi connectivity index (χ4v) is 8.13. The molecular weight excluding hydrogens is 411 g/mol. The lowest BCUT2D eigenvalue weighted by Crippen LogP contribution is -2.63. The van der Waals surface area contributed by atoms with Gasteiger partial charge in [0.25, 0.3) is 6.71 Å². The fraction of sp³-hybridized carbons (Fsp3) is 0.419. The van der Waals surface area contributed by atoms with Gasteiger partial charge in [-0.3, -0.25) is 0 Å². The highest BCUT2D eigenvalue weighted by Gasteiger charge is 2.53. The number of benzene rings is 3. The van der Waals surface area contributed by atoms with Crippen LogP contribution in [0.15, 0.2) is 48.5 Å². The molecule has 4 atom stereocenters. The van der Waals surface area contributed by atoms with E-state index in [0.717, 1.165) is 65.1 Å². The fourth-order valence-electron chi connectivity index (χ4n) is 8.13. The van der Waals surface area contributed by atoms with Crippen molar-refractivity contribution in [1.82, 2.24) is 0 Å². The molecule has 4 aliphatic heterocycles. The number of anilines is 4. The highest BCUT2D eigenvalue weighted by atomic mass is 15.2. The number of aryl methyl sites for hydroxylation is 1. The molecule has 34 heavy (non-hydrogen) atoms. The molecule has 3 heteroatoms. The minimum atomic E-state index is -1.05. The molecule has 3 aromatic rings. The van der Waals surface area contributed by atoms with Crippen LogP contribution in [0.2, 0.25) is 0 Å². The van der Waals surface area contributed by atoms with E-state index in [9.17, 15) is 5.48 Å². The van der Waals surface area contributed by atoms with Gasteiger partial charge < -0.3 is 9.80 Å². The summed E-state index contributed by atoms with van der Waals surface area (Å²) >= 11 is 0. The number of rotatable bonds is 0. The van der Waals surface area contributed by atoms with Gasteiger partial charge in [-0.1, -0.05) is 62.1 Å². The van der Waals surface area contributed by atoms with Crippen molar-refractivity contribution in [2.24, 2.45) is 0 Å². The van der Waals surface area contributed by atoms with Gasteiger partial charge in [-0.25, -0.2) is 0 Å². The van der Waals surface area contributed by atoms with Gasteiger partial charge in [0.2, 0.25) is 0 Å². The van der Waals surface area contributed by atoms with Crippen LogP contribution in [-0.4, -0.2) is 18.7 Å². The van der Waals surface area contributed by atoms with E-state index in [2.05, 4.69) is 65.3 Å². The Labute approximate surface area is 208 Å². The van der Waals surface area contributed by atoms with E-state index >= 15 is 0 Å². The summed E-state index contributed by atoms with van der Waals surface area (Å²) in [4.78, 5) is 4.48. The van der Waals surface area contributed by atoms with E-state index in [0.29, 0.717) is 25.7 Å². The van der Waals surface area contributed by atoms with Crippen molar-refractivity contribution in [3.8, 4) is 0 Å². The third kappa shape index (κ3) is 2.04. The monoisotopic (exact) mass is 446 g/mol. The van der Waals surface area contributed by atoms with E-state index in [-0.39, 0.29) is 6.71 Å². The molecular formula is C31H31BN2. The average molecular weight is 446 g/mol. The summed E-state index contributed by atoms with van der Waals surface area (Å²) < 4.78 is 39.4. The maximum absolute atomic E-state index is 9.95. The smallest absolute Gasteiger partial charge is 0.252 e. The number of para-hydroxylation sites is 2. The van der Waals surface area contributed by atoms with Crippen molar-refractivity contribution in [2.45, 2.75) is 82.1 Å². The molecule has 2 fully saturated rings. The second-order valence-electron chi connectivity index (χ2n) is 11.1. The van der Waals surface area contributed by atoms with Crippen LogP contribution >= 0.6 is 0 Å². The van der Waals surface area contributed by atoms with Crippen LogP contribution in [0.4, 0.5) is 22.7 Å². The molecule has 0 amide bonds. The van der Waals surface area contributed by atoms with E-state index in [1.807, 2.05) is 0 Å². The number of hydrogen-bond donors (Lipinski definition) is 0. The van der Waals surface area contributed by atoms with Crippen molar-refractivity contribution in [1.29, 1.82) is 0 Å². The van der Waals surface area contributed by atoms with Crippen LogP contribution in [0.5, 0.6) is 0 Å². The Kier molecular flexibility index (Phi) is 2.84. The van der Waals surface area contributed by atoms with Gasteiger partial charge in [0.1, 0.15) is 0 Å². The predicted octanol–water partition coefficient (Wildman–Crippen LogP) is 5.49. The highest BCUT2D eigenvalue weighted by Crippen LogP contribution is 2.56. The molecule has 3 aromatic carbocycles. The Balaban J connectivity index is 1.43. The molecule has 0 bridgehead atoms. The zero-order valence-corrected chi connectivity index (χ0v) is 19.7. The molecule has 4 heterocycles. The van der Waals surface area contributed by atoms with Crippen molar-refractivity contribution in [2.75, 3.05) is 9.80 Å². The molecule has 2 aliphatic carbocycles. The van der Waals surface area contributed by atoms with Gasteiger partial charge >= 0.3 is 0 Å². The maximum atomic E-state index is 9.95. The lowest BCUT2D eigenvalue weighted by Gasteiger charge is -2.46. The van der Waals surface area contributed by atoms with Crippen LogP contribution in [-0.2, 0) is 0 Å². The summed E-state index contributed by atoms with van der Waals surface area (Å²) in [5.74, 6) is -1.92. The van der Waals surface area contributed by atoms with Crippen LogP contribution in [0.25, 0.3) is 0 Å². The topological polar surface area (TPSA) is 6.48 Å². The van der Waals surface area contributed by atoms with Gasteiger partial charge in [-0.05, 0) is 77.8 Å². The summed E-state index contributed by atoms with van der Waals surface area (Å²) in [5, 5.41) is 0. The predicted molar refractivity (Wildman–Crippen MR) is 143 cm³/mol. The van der Waals surface area contributed by atoms with Crippen LogP contribution < -0.4 is 26.2 Å². The first kappa shape index (κ1) is 15.3. The first-order valence-electron chi connectivity index (χ1n) is 15.3. The molecule has 0 spiro atoms. The zero-order valence-electron chi connectivity index (χ0n) is 23.7. The highest BCUT2D eigenvalue weighted by molar-refractivity contribution is 7.00. The number of hydrogen-bond acceptors (Lipinski definition) is 2. The number of fused-ring (bicyclic) bond motifs is 10. The molecule has 0 aromatic heterocycles. The van der Waals surface area contributed by atoms with E-state index < -0.39 is 23.8 Å². The largest absolute Gasteiger partial charge is 0.338 e. The standard InChI is InChI=1S/C31H31BN2/c1-18-16-27-29-28(17-18)34-26-15-5-3-9-20(26)22-11-7-13-24(31(22)34)32(29)23-12-6-10-21-19-8-2-4-14-25(19)33(27)30(21)23/h6-7,10-13,16-17,19-20,25-26H,2-5,8-9,14-15H2,1H3/i19D,20D,25D,26D. The molecule has 6 aliphatic rings.